The van der Waals surface area contributed by atoms with Crippen molar-refractivity contribution in [3.8, 4) is 11.3 Å². The van der Waals surface area contributed by atoms with E-state index in [0.29, 0.717) is 23.5 Å². The smallest absolute Gasteiger partial charge is 0.260 e. The summed E-state index contributed by atoms with van der Waals surface area (Å²) in [5.41, 5.74) is 0.696. The highest BCUT2D eigenvalue weighted by atomic mass is 32.1. The van der Waals surface area contributed by atoms with Gasteiger partial charge in [-0.05, 0) is 12.1 Å². The van der Waals surface area contributed by atoms with Gasteiger partial charge in [0.15, 0.2) is 5.13 Å². The molecule has 4 aromatic rings. The molecule has 138 valence electrons. The molecule has 4 aromatic heterocycles. The van der Waals surface area contributed by atoms with E-state index in [1.54, 1.807) is 17.6 Å². The zero-order valence-corrected chi connectivity index (χ0v) is 16.1. The van der Waals surface area contributed by atoms with Crippen LogP contribution in [0.5, 0.6) is 0 Å². The molecule has 27 heavy (non-hydrogen) atoms. The number of piperazine rings is 1. The zero-order valence-electron chi connectivity index (χ0n) is 14.4. The number of aromatic nitrogens is 3. The molecule has 0 spiro atoms. The minimum atomic E-state index is -0.107. The maximum absolute atomic E-state index is 12.7. The van der Waals surface area contributed by atoms with Crippen LogP contribution in [0.2, 0.25) is 0 Å². The van der Waals surface area contributed by atoms with Crippen molar-refractivity contribution in [2.24, 2.45) is 0 Å². The van der Waals surface area contributed by atoms with Gasteiger partial charge in [0, 0.05) is 48.7 Å². The summed E-state index contributed by atoms with van der Waals surface area (Å²) in [6, 6.07) is 3.68. The van der Waals surface area contributed by atoms with Gasteiger partial charge in [0.25, 0.3) is 5.56 Å². The minimum absolute atomic E-state index is 0.107. The van der Waals surface area contributed by atoms with E-state index in [1.807, 2.05) is 29.1 Å². The molecule has 0 aliphatic carbocycles. The molecule has 1 saturated heterocycles. The van der Waals surface area contributed by atoms with E-state index in [9.17, 15) is 4.79 Å². The quantitative estimate of drug-likeness (QED) is 0.568. The van der Waals surface area contributed by atoms with Crippen LogP contribution in [0, 0.1) is 0 Å². The maximum atomic E-state index is 12.7. The Hall–Kier alpha value is -2.49. The van der Waals surface area contributed by atoms with Gasteiger partial charge in [-0.3, -0.25) is 9.69 Å². The zero-order chi connectivity index (χ0) is 18.2. The monoisotopic (exact) mass is 399 g/mol. The Morgan fingerprint density at radius 2 is 2.11 bits per heavy atom. The number of nitrogens with one attached hydrogen (secondary N) is 1. The molecular formula is C18H17N5O2S2. The first-order valence-corrected chi connectivity index (χ1v) is 10.4. The molecule has 1 fully saturated rings. The van der Waals surface area contributed by atoms with Crippen LogP contribution in [0.1, 0.15) is 5.82 Å². The number of nitrogens with zero attached hydrogens (tertiary/aromatic N) is 4. The Kier molecular flexibility index (Phi) is 4.27. The maximum Gasteiger partial charge on any atom is 0.260 e. The van der Waals surface area contributed by atoms with Gasteiger partial charge < -0.3 is 14.3 Å². The Labute approximate surface area is 162 Å². The Bertz CT molecular complexity index is 1090. The summed E-state index contributed by atoms with van der Waals surface area (Å²) in [6.07, 6.45) is 3.45. The highest BCUT2D eigenvalue weighted by Crippen LogP contribution is 2.31. The van der Waals surface area contributed by atoms with Gasteiger partial charge >= 0.3 is 0 Å². The molecule has 1 aliphatic rings. The van der Waals surface area contributed by atoms with Crippen LogP contribution in [0.15, 0.2) is 44.6 Å². The summed E-state index contributed by atoms with van der Waals surface area (Å²) in [4.78, 5) is 30.0. The fraction of sp³-hybridized carbons (Fsp3) is 0.278. The van der Waals surface area contributed by atoms with Gasteiger partial charge in [-0.25, -0.2) is 9.97 Å². The van der Waals surface area contributed by atoms with Gasteiger partial charge in [-0.2, -0.15) is 0 Å². The molecule has 0 bridgehead atoms. The number of rotatable bonds is 4. The van der Waals surface area contributed by atoms with Crippen LogP contribution >= 0.6 is 22.7 Å². The Morgan fingerprint density at radius 1 is 1.22 bits per heavy atom. The number of thiazole rings is 1. The number of anilines is 1. The number of furan rings is 1. The lowest BCUT2D eigenvalue weighted by atomic mass is 10.2. The van der Waals surface area contributed by atoms with E-state index in [1.165, 1.54) is 11.3 Å². The molecule has 9 heteroatoms. The first kappa shape index (κ1) is 16.7. The van der Waals surface area contributed by atoms with Crippen LogP contribution < -0.4 is 10.5 Å². The highest BCUT2D eigenvalue weighted by molar-refractivity contribution is 7.17. The normalized spacial score (nSPS) is 15.6. The standard InChI is InChI=1S/C18H17N5O2S2/c24-16-15-12(13-2-1-8-25-13)11-27-17(15)21-14(20-16)10-22-4-6-23(7-5-22)18-19-3-9-26-18/h1-3,8-9,11H,4-7,10H2,(H,20,21,24). The van der Waals surface area contributed by atoms with Gasteiger partial charge in [0.05, 0.1) is 18.2 Å². The van der Waals surface area contributed by atoms with Gasteiger partial charge in [-0.1, -0.05) is 0 Å². The third kappa shape index (κ3) is 3.18. The first-order valence-electron chi connectivity index (χ1n) is 8.69. The van der Waals surface area contributed by atoms with Crippen LogP contribution in [-0.4, -0.2) is 46.0 Å². The molecule has 0 saturated carbocycles. The van der Waals surface area contributed by atoms with E-state index in [4.69, 9.17) is 4.42 Å². The minimum Gasteiger partial charge on any atom is -0.464 e. The summed E-state index contributed by atoms with van der Waals surface area (Å²) >= 11 is 3.15. The van der Waals surface area contributed by atoms with Crippen molar-refractivity contribution >= 4 is 38.0 Å². The third-order valence-electron chi connectivity index (χ3n) is 4.72. The van der Waals surface area contributed by atoms with Gasteiger partial charge in [0.1, 0.15) is 16.4 Å². The summed E-state index contributed by atoms with van der Waals surface area (Å²) in [5, 5.41) is 5.62. The van der Waals surface area contributed by atoms with Crippen molar-refractivity contribution in [3.63, 3.8) is 0 Å². The van der Waals surface area contributed by atoms with E-state index in [-0.39, 0.29) is 5.56 Å². The Morgan fingerprint density at radius 3 is 2.85 bits per heavy atom. The van der Waals surface area contributed by atoms with E-state index < -0.39 is 0 Å². The predicted octanol–water partition coefficient (Wildman–Crippen LogP) is 3.02. The lowest BCUT2D eigenvalue weighted by molar-refractivity contribution is 0.244. The fourth-order valence-electron chi connectivity index (χ4n) is 3.36. The predicted molar refractivity (Wildman–Crippen MR) is 108 cm³/mol. The summed E-state index contributed by atoms with van der Waals surface area (Å²) in [5.74, 6) is 1.41. The highest BCUT2D eigenvalue weighted by Gasteiger charge is 2.20. The second kappa shape index (κ2) is 6.91. The Balaban J connectivity index is 1.34. The van der Waals surface area contributed by atoms with E-state index >= 15 is 0 Å². The van der Waals surface area contributed by atoms with Crippen molar-refractivity contribution in [2.45, 2.75) is 6.54 Å². The molecule has 0 aromatic carbocycles. The third-order valence-corrected chi connectivity index (χ3v) is 6.42. The number of aromatic amines is 1. The summed E-state index contributed by atoms with van der Waals surface area (Å²) in [6.45, 7) is 4.35. The van der Waals surface area contributed by atoms with E-state index in [2.05, 4.69) is 24.8 Å². The molecule has 7 nitrogen and oxygen atoms in total. The van der Waals surface area contributed by atoms with Crippen LogP contribution in [-0.2, 0) is 6.54 Å². The SMILES string of the molecule is O=c1[nH]c(CN2CCN(c3nccs3)CC2)nc2scc(-c3ccco3)c12. The van der Waals surface area contributed by atoms with Crippen molar-refractivity contribution in [1.82, 2.24) is 19.9 Å². The lowest BCUT2D eigenvalue weighted by Crippen LogP contribution is -2.46. The van der Waals surface area contributed by atoms with E-state index in [0.717, 1.165) is 41.7 Å². The second-order valence-electron chi connectivity index (χ2n) is 6.40. The first-order chi connectivity index (χ1) is 13.3. The molecule has 0 amide bonds. The number of hydrogen-bond acceptors (Lipinski definition) is 8. The molecule has 1 aliphatic heterocycles. The van der Waals surface area contributed by atoms with Gasteiger partial charge in [0.2, 0.25) is 0 Å². The molecular weight excluding hydrogens is 382 g/mol. The number of thiophene rings is 1. The molecule has 0 atom stereocenters. The van der Waals surface area contributed by atoms with Crippen molar-refractivity contribution in [3.05, 3.63) is 51.5 Å². The number of hydrogen-bond donors (Lipinski definition) is 1. The molecule has 0 radical (unpaired) electrons. The molecule has 5 heterocycles. The number of fused-ring (bicyclic) bond motifs is 1. The topological polar surface area (TPSA) is 78.3 Å². The summed E-state index contributed by atoms with van der Waals surface area (Å²) < 4.78 is 5.44. The fourth-order valence-corrected chi connectivity index (χ4v) is 5.01. The number of H-pyrrole nitrogens is 1. The average molecular weight is 400 g/mol. The largest absolute Gasteiger partial charge is 0.464 e. The van der Waals surface area contributed by atoms with Crippen LogP contribution in [0.25, 0.3) is 21.5 Å². The van der Waals surface area contributed by atoms with Crippen molar-refractivity contribution in [1.29, 1.82) is 0 Å². The molecule has 5 rings (SSSR count). The molecule has 0 unspecified atom stereocenters. The van der Waals surface area contributed by atoms with Crippen molar-refractivity contribution in [2.75, 3.05) is 31.1 Å². The lowest BCUT2D eigenvalue weighted by Gasteiger charge is -2.34. The van der Waals surface area contributed by atoms with Crippen molar-refractivity contribution < 1.29 is 4.42 Å². The molecule has 1 N–H and O–H groups in total. The van der Waals surface area contributed by atoms with Crippen LogP contribution in [0.4, 0.5) is 5.13 Å². The second-order valence-corrected chi connectivity index (χ2v) is 8.13. The van der Waals surface area contributed by atoms with Gasteiger partial charge in [-0.15, -0.1) is 22.7 Å². The van der Waals surface area contributed by atoms with Crippen LogP contribution in [0.3, 0.4) is 0 Å². The average Bonchev–Trinajstić information content (AvgIpc) is 3.43. The summed E-state index contributed by atoms with van der Waals surface area (Å²) in [7, 11) is 0.